The van der Waals surface area contributed by atoms with E-state index in [2.05, 4.69) is 4.72 Å². The molecule has 0 amide bonds. The summed E-state index contributed by atoms with van der Waals surface area (Å²) in [5, 5.41) is 0. The SMILES string of the molecule is CC1CN(S(=O)(=O)NC2CC(C)(C)Oc3ccc(N)cc32)CC(C)O1.Cl. The minimum Gasteiger partial charge on any atom is -0.487 e. The lowest BCUT2D eigenvalue weighted by Crippen LogP contribution is -2.53. The minimum atomic E-state index is -3.65. The molecule has 9 heteroatoms. The van der Waals surface area contributed by atoms with Crippen LogP contribution in [0.4, 0.5) is 5.69 Å². The summed E-state index contributed by atoms with van der Waals surface area (Å²) in [4.78, 5) is 0. The molecule has 1 saturated heterocycles. The van der Waals surface area contributed by atoms with Gasteiger partial charge in [-0.15, -0.1) is 12.4 Å². The Morgan fingerprint density at radius 1 is 1.23 bits per heavy atom. The maximum atomic E-state index is 12.9. The monoisotopic (exact) mass is 405 g/mol. The summed E-state index contributed by atoms with van der Waals surface area (Å²) >= 11 is 0. The van der Waals surface area contributed by atoms with E-state index in [1.807, 2.05) is 27.7 Å². The van der Waals surface area contributed by atoms with Gasteiger partial charge in [0.15, 0.2) is 0 Å². The van der Waals surface area contributed by atoms with Crippen LogP contribution in [-0.4, -0.2) is 43.6 Å². The van der Waals surface area contributed by atoms with E-state index in [4.69, 9.17) is 15.2 Å². The number of rotatable bonds is 3. The standard InChI is InChI=1S/C17H27N3O4S.ClH/c1-11-9-20(10-12(2)23-11)25(21,22)19-15-8-17(3,4)24-16-6-5-13(18)7-14(15)16;/h5-7,11-12,15,19H,8-10,18H2,1-4H3;1H. The topological polar surface area (TPSA) is 93.9 Å². The third-order valence-corrected chi connectivity index (χ3v) is 6.07. The smallest absolute Gasteiger partial charge is 0.280 e. The van der Waals surface area contributed by atoms with E-state index in [1.165, 1.54) is 4.31 Å². The highest BCUT2D eigenvalue weighted by Gasteiger charge is 2.38. The van der Waals surface area contributed by atoms with Crippen LogP contribution in [0.25, 0.3) is 0 Å². The number of morpholine rings is 1. The normalized spacial score (nSPS) is 28.5. The van der Waals surface area contributed by atoms with Crippen molar-refractivity contribution < 1.29 is 17.9 Å². The lowest BCUT2D eigenvalue weighted by molar-refractivity contribution is -0.0446. The number of hydrogen-bond donors (Lipinski definition) is 2. The Kier molecular flexibility index (Phi) is 6.14. The van der Waals surface area contributed by atoms with E-state index in [0.717, 1.165) is 5.56 Å². The van der Waals surface area contributed by atoms with Gasteiger partial charge in [-0.1, -0.05) is 0 Å². The summed E-state index contributed by atoms with van der Waals surface area (Å²) in [5.41, 5.74) is 6.78. The maximum absolute atomic E-state index is 12.9. The van der Waals surface area contributed by atoms with E-state index in [1.54, 1.807) is 18.2 Å². The molecule has 0 spiro atoms. The van der Waals surface area contributed by atoms with Crippen LogP contribution in [0.1, 0.15) is 45.7 Å². The quantitative estimate of drug-likeness (QED) is 0.752. The van der Waals surface area contributed by atoms with Crippen molar-refractivity contribution in [1.82, 2.24) is 9.03 Å². The van der Waals surface area contributed by atoms with Gasteiger partial charge in [0.2, 0.25) is 0 Å². The van der Waals surface area contributed by atoms with E-state index in [0.29, 0.717) is 30.9 Å². The molecule has 3 rings (SSSR count). The zero-order chi connectivity index (χ0) is 18.4. The van der Waals surface area contributed by atoms with Crippen molar-refractivity contribution in [3.05, 3.63) is 23.8 Å². The summed E-state index contributed by atoms with van der Waals surface area (Å²) in [6.45, 7) is 8.35. The van der Waals surface area contributed by atoms with E-state index in [-0.39, 0.29) is 30.7 Å². The van der Waals surface area contributed by atoms with Crippen LogP contribution in [0, 0.1) is 0 Å². The third-order valence-electron chi connectivity index (χ3n) is 4.51. The van der Waals surface area contributed by atoms with Crippen molar-refractivity contribution in [3.63, 3.8) is 0 Å². The molecule has 2 aliphatic heterocycles. The molecule has 3 atom stereocenters. The van der Waals surface area contributed by atoms with Gasteiger partial charge in [0.1, 0.15) is 11.4 Å². The molecule has 0 aliphatic carbocycles. The molecule has 1 fully saturated rings. The lowest BCUT2D eigenvalue weighted by atomic mass is 9.90. The molecule has 0 saturated carbocycles. The zero-order valence-corrected chi connectivity index (χ0v) is 17.2. The number of fused-ring (bicyclic) bond motifs is 1. The Bertz CT molecular complexity index is 746. The largest absolute Gasteiger partial charge is 0.487 e. The third kappa shape index (κ3) is 4.61. The van der Waals surface area contributed by atoms with Crippen LogP contribution < -0.4 is 15.2 Å². The van der Waals surface area contributed by atoms with Crippen molar-refractivity contribution in [2.75, 3.05) is 18.8 Å². The second-order valence-electron chi connectivity index (χ2n) is 7.61. The van der Waals surface area contributed by atoms with Gasteiger partial charge in [0.25, 0.3) is 10.2 Å². The number of halogens is 1. The van der Waals surface area contributed by atoms with Gasteiger partial charge in [0.05, 0.1) is 18.2 Å². The van der Waals surface area contributed by atoms with Gasteiger partial charge < -0.3 is 15.2 Å². The molecule has 148 valence electrons. The summed E-state index contributed by atoms with van der Waals surface area (Å²) in [6, 6.07) is 4.95. The Morgan fingerprint density at radius 2 is 1.85 bits per heavy atom. The number of nitrogen functional groups attached to an aromatic ring is 1. The number of benzene rings is 1. The van der Waals surface area contributed by atoms with Crippen LogP contribution in [0.15, 0.2) is 18.2 Å². The molecule has 26 heavy (non-hydrogen) atoms. The molecular formula is C17H28ClN3O4S. The van der Waals surface area contributed by atoms with Crippen molar-refractivity contribution in [2.24, 2.45) is 0 Å². The van der Waals surface area contributed by atoms with Crippen LogP contribution >= 0.6 is 12.4 Å². The number of nitrogens with one attached hydrogen (secondary N) is 1. The fourth-order valence-corrected chi connectivity index (χ4v) is 5.09. The Morgan fingerprint density at radius 3 is 2.46 bits per heavy atom. The van der Waals surface area contributed by atoms with E-state index >= 15 is 0 Å². The van der Waals surface area contributed by atoms with Gasteiger partial charge in [0, 0.05) is 30.8 Å². The van der Waals surface area contributed by atoms with Gasteiger partial charge in [-0.2, -0.15) is 17.4 Å². The fourth-order valence-electron chi connectivity index (χ4n) is 3.56. The first-order valence-electron chi connectivity index (χ1n) is 8.57. The van der Waals surface area contributed by atoms with Gasteiger partial charge in [-0.05, 0) is 45.9 Å². The molecule has 2 aliphatic rings. The Labute approximate surface area is 161 Å². The Hall–Kier alpha value is -1.06. The average molecular weight is 406 g/mol. The molecule has 3 unspecified atom stereocenters. The molecule has 0 bridgehead atoms. The highest BCUT2D eigenvalue weighted by molar-refractivity contribution is 7.87. The number of nitrogens with zero attached hydrogens (tertiary/aromatic N) is 1. The average Bonchev–Trinajstić information content (AvgIpc) is 2.46. The summed E-state index contributed by atoms with van der Waals surface area (Å²) in [5.74, 6) is 0.668. The first-order valence-corrected chi connectivity index (χ1v) is 10.0. The second-order valence-corrected chi connectivity index (χ2v) is 9.32. The van der Waals surface area contributed by atoms with Gasteiger partial charge in [-0.25, -0.2) is 0 Å². The molecule has 3 N–H and O–H groups in total. The summed E-state index contributed by atoms with van der Waals surface area (Å²) in [6.07, 6.45) is 0.266. The second kappa shape index (κ2) is 7.52. The Balaban J connectivity index is 0.00000243. The first kappa shape index (κ1) is 21.2. The highest BCUT2D eigenvalue weighted by Crippen LogP contribution is 2.40. The summed E-state index contributed by atoms with van der Waals surface area (Å²) in [7, 11) is -3.65. The number of hydrogen-bond acceptors (Lipinski definition) is 5. The summed E-state index contributed by atoms with van der Waals surface area (Å²) < 4.78 is 41.8. The molecule has 0 aromatic heterocycles. The molecular weight excluding hydrogens is 378 g/mol. The molecule has 1 aromatic rings. The van der Waals surface area contributed by atoms with E-state index < -0.39 is 15.8 Å². The van der Waals surface area contributed by atoms with Crippen molar-refractivity contribution >= 4 is 28.3 Å². The predicted molar refractivity (Wildman–Crippen MR) is 104 cm³/mol. The minimum absolute atomic E-state index is 0. The molecule has 0 radical (unpaired) electrons. The van der Waals surface area contributed by atoms with E-state index in [9.17, 15) is 8.42 Å². The van der Waals surface area contributed by atoms with Crippen molar-refractivity contribution in [2.45, 2.75) is 58.0 Å². The van der Waals surface area contributed by atoms with Crippen LogP contribution in [0.2, 0.25) is 0 Å². The predicted octanol–water partition coefficient (Wildman–Crippen LogP) is 2.24. The number of nitrogens with two attached hydrogens (primary N) is 1. The molecule has 2 heterocycles. The highest BCUT2D eigenvalue weighted by atomic mass is 35.5. The number of anilines is 1. The lowest BCUT2D eigenvalue weighted by Gasteiger charge is -2.40. The van der Waals surface area contributed by atoms with Crippen molar-refractivity contribution in [3.8, 4) is 5.75 Å². The first-order chi connectivity index (χ1) is 11.6. The maximum Gasteiger partial charge on any atom is 0.280 e. The molecule has 1 aromatic carbocycles. The van der Waals surface area contributed by atoms with Crippen LogP contribution in [0.3, 0.4) is 0 Å². The van der Waals surface area contributed by atoms with Gasteiger partial charge >= 0.3 is 0 Å². The number of ether oxygens (including phenoxy) is 2. The zero-order valence-electron chi connectivity index (χ0n) is 15.6. The van der Waals surface area contributed by atoms with Crippen LogP contribution in [0.5, 0.6) is 5.75 Å². The fraction of sp³-hybridized carbons (Fsp3) is 0.647. The van der Waals surface area contributed by atoms with Crippen molar-refractivity contribution in [1.29, 1.82) is 0 Å². The van der Waals surface area contributed by atoms with Gasteiger partial charge in [-0.3, -0.25) is 0 Å². The molecule has 7 nitrogen and oxygen atoms in total. The van der Waals surface area contributed by atoms with Crippen LogP contribution in [-0.2, 0) is 14.9 Å².